The van der Waals surface area contributed by atoms with Crippen molar-refractivity contribution >= 4 is 0 Å². The number of nitrogens with zero attached hydrogens (tertiary/aromatic N) is 1. The van der Waals surface area contributed by atoms with Crippen molar-refractivity contribution in [2.45, 2.75) is 19.3 Å². The van der Waals surface area contributed by atoms with Crippen LogP contribution in [0.1, 0.15) is 19.3 Å². The van der Waals surface area contributed by atoms with Crippen molar-refractivity contribution in [3.63, 3.8) is 0 Å². The molecule has 0 bridgehead atoms. The zero-order valence-electron chi connectivity index (χ0n) is 5.72. The maximum Gasteiger partial charge on any atom is 1.00 e. The number of rotatable bonds is 0. The van der Waals surface area contributed by atoms with Crippen molar-refractivity contribution < 1.29 is 51.4 Å². The average Bonchev–Trinajstić information content (AvgIpc) is 1.90. The van der Waals surface area contributed by atoms with Gasteiger partial charge in [0.1, 0.15) is 0 Å². The van der Waals surface area contributed by atoms with Gasteiger partial charge in [0.25, 0.3) is 0 Å². The summed E-state index contributed by atoms with van der Waals surface area (Å²) in [6.45, 7) is 0. The van der Waals surface area contributed by atoms with E-state index in [0.29, 0.717) is 0 Å². The number of nitriles is 1. The molecule has 0 aromatic rings. The van der Waals surface area contributed by atoms with Crippen molar-refractivity contribution in [1.29, 1.82) is 5.26 Å². The first kappa shape index (κ1) is 9.87. The molecule has 1 nitrogen and oxygen atoms in total. The standard InChI is InChI=1S/C7H8N.K/c8-6-7-4-2-1-3-5-7;/h2,7H,3-5H2;/q-1;+1. The van der Waals surface area contributed by atoms with E-state index >= 15 is 0 Å². The van der Waals surface area contributed by atoms with E-state index in [4.69, 9.17) is 5.26 Å². The third kappa shape index (κ3) is 3.54. The molecule has 2 heteroatoms. The van der Waals surface area contributed by atoms with Crippen LogP contribution in [0.3, 0.4) is 0 Å². The largest absolute Gasteiger partial charge is 1.00 e. The second-order valence-corrected chi connectivity index (χ2v) is 2.01. The van der Waals surface area contributed by atoms with Crippen molar-refractivity contribution in [2.75, 3.05) is 0 Å². The van der Waals surface area contributed by atoms with E-state index in [1.165, 1.54) is 0 Å². The van der Waals surface area contributed by atoms with Gasteiger partial charge in [-0.05, 0) is 0 Å². The van der Waals surface area contributed by atoms with Gasteiger partial charge in [0.05, 0.1) is 6.07 Å². The van der Waals surface area contributed by atoms with Crippen LogP contribution in [0.5, 0.6) is 0 Å². The van der Waals surface area contributed by atoms with Crippen LogP contribution in [0.2, 0.25) is 0 Å². The van der Waals surface area contributed by atoms with E-state index in [2.05, 4.69) is 12.1 Å². The Bertz CT molecular complexity index is 134. The molecule has 0 spiro atoms. The first-order valence-electron chi connectivity index (χ1n) is 2.88. The summed E-state index contributed by atoms with van der Waals surface area (Å²) < 4.78 is 0. The Morgan fingerprint density at radius 3 is 2.78 bits per heavy atom. The molecule has 1 aliphatic rings. The quantitative estimate of drug-likeness (QED) is 0.306. The minimum Gasteiger partial charge on any atom is -0.501 e. The van der Waals surface area contributed by atoms with Gasteiger partial charge in [-0.2, -0.15) is 11.7 Å². The van der Waals surface area contributed by atoms with Crippen molar-refractivity contribution in [3.8, 4) is 6.07 Å². The maximum atomic E-state index is 8.39. The van der Waals surface area contributed by atoms with Gasteiger partial charge in [-0.3, -0.25) is 6.08 Å². The van der Waals surface area contributed by atoms with Crippen LogP contribution in [-0.4, -0.2) is 0 Å². The Kier molecular flexibility index (Phi) is 6.18. The monoisotopic (exact) mass is 145 g/mol. The molecule has 0 radical (unpaired) electrons. The van der Waals surface area contributed by atoms with Crippen LogP contribution >= 0.6 is 0 Å². The van der Waals surface area contributed by atoms with Crippen LogP contribution in [0.4, 0.5) is 0 Å². The van der Waals surface area contributed by atoms with Crippen molar-refractivity contribution in [2.24, 2.45) is 5.92 Å². The van der Waals surface area contributed by atoms with Crippen LogP contribution in [0.25, 0.3) is 0 Å². The normalized spacial score (nSPS) is 24.1. The molecule has 42 valence electrons. The topological polar surface area (TPSA) is 23.8 Å². The molecule has 0 aromatic carbocycles. The summed E-state index contributed by atoms with van der Waals surface area (Å²) in [4.78, 5) is 0. The van der Waals surface area contributed by atoms with Gasteiger partial charge in [-0.15, -0.1) is 0 Å². The summed E-state index contributed by atoms with van der Waals surface area (Å²) in [7, 11) is 0. The molecule has 1 rings (SSSR count). The molecular weight excluding hydrogens is 137 g/mol. The van der Waals surface area contributed by atoms with Gasteiger partial charge in [-0.25, -0.2) is 0 Å². The minimum atomic E-state index is 0. The number of hydrogen-bond acceptors (Lipinski definition) is 1. The molecule has 0 saturated heterocycles. The predicted octanol–water partition coefficient (Wildman–Crippen LogP) is -1.33. The van der Waals surface area contributed by atoms with Gasteiger partial charge in [0.2, 0.25) is 0 Å². The van der Waals surface area contributed by atoms with E-state index in [1.54, 1.807) is 0 Å². The smallest absolute Gasteiger partial charge is 0.501 e. The molecule has 9 heavy (non-hydrogen) atoms. The Morgan fingerprint density at radius 2 is 2.44 bits per heavy atom. The summed E-state index contributed by atoms with van der Waals surface area (Å²) in [6, 6.07) is 2.23. The SMILES string of the molecule is N#CC1CC=[C-]CC1.[K+]. The fourth-order valence-electron chi connectivity index (χ4n) is 0.820. The predicted molar refractivity (Wildman–Crippen MR) is 30.8 cm³/mol. The van der Waals surface area contributed by atoms with E-state index < -0.39 is 0 Å². The summed E-state index contributed by atoms with van der Waals surface area (Å²) in [5.74, 6) is 0.274. The molecule has 1 aliphatic carbocycles. The Morgan fingerprint density at radius 1 is 1.67 bits per heavy atom. The second kappa shape index (κ2) is 5.64. The summed E-state index contributed by atoms with van der Waals surface area (Å²) >= 11 is 0. The van der Waals surface area contributed by atoms with Gasteiger partial charge in [0.15, 0.2) is 0 Å². The second-order valence-electron chi connectivity index (χ2n) is 2.01. The molecule has 0 heterocycles. The molecule has 1 unspecified atom stereocenters. The van der Waals surface area contributed by atoms with Crippen molar-refractivity contribution in [3.05, 3.63) is 12.2 Å². The van der Waals surface area contributed by atoms with E-state index in [9.17, 15) is 0 Å². The number of hydrogen-bond donors (Lipinski definition) is 0. The Hall–Kier alpha value is 0.866. The number of allylic oxidation sites excluding steroid dienone is 2. The molecule has 1 atom stereocenters. The van der Waals surface area contributed by atoms with Crippen molar-refractivity contribution in [1.82, 2.24) is 0 Å². The van der Waals surface area contributed by atoms with Crippen LogP contribution in [-0.2, 0) is 0 Å². The zero-order valence-corrected chi connectivity index (χ0v) is 8.85. The zero-order chi connectivity index (χ0) is 5.82. The van der Waals surface area contributed by atoms with Gasteiger partial charge in [0, 0.05) is 5.92 Å². The summed E-state index contributed by atoms with van der Waals surface area (Å²) in [5.41, 5.74) is 0. The Balaban J connectivity index is 0.000000640. The third-order valence-electron chi connectivity index (χ3n) is 1.37. The van der Waals surface area contributed by atoms with E-state index in [-0.39, 0.29) is 57.3 Å². The molecule has 0 fully saturated rings. The van der Waals surface area contributed by atoms with Crippen LogP contribution in [0.15, 0.2) is 6.08 Å². The van der Waals surface area contributed by atoms with E-state index in [1.807, 2.05) is 6.08 Å². The van der Waals surface area contributed by atoms with Gasteiger partial charge >= 0.3 is 51.4 Å². The average molecular weight is 145 g/mol. The molecule has 0 aliphatic heterocycles. The fraction of sp³-hybridized carbons (Fsp3) is 0.571. The Labute approximate surface area is 98.5 Å². The fourth-order valence-corrected chi connectivity index (χ4v) is 0.820. The van der Waals surface area contributed by atoms with Crippen LogP contribution in [0, 0.1) is 23.3 Å². The third-order valence-corrected chi connectivity index (χ3v) is 1.37. The van der Waals surface area contributed by atoms with Crippen LogP contribution < -0.4 is 51.4 Å². The van der Waals surface area contributed by atoms with E-state index in [0.717, 1.165) is 19.3 Å². The molecule has 0 saturated carbocycles. The summed E-state index contributed by atoms with van der Waals surface area (Å²) in [6.07, 6.45) is 7.93. The minimum absolute atomic E-state index is 0. The molecule has 0 aromatic heterocycles. The maximum absolute atomic E-state index is 8.39. The first-order valence-corrected chi connectivity index (χ1v) is 2.88. The molecule has 0 amide bonds. The van der Waals surface area contributed by atoms with Gasteiger partial charge in [-0.1, -0.05) is 12.8 Å². The summed E-state index contributed by atoms with van der Waals surface area (Å²) in [5, 5.41) is 8.39. The molecule has 0 N–H and O–H groups in total. The molecular formula is C7H8KN. The first-order chi connectivity index (χ1) is 3.93. The van der Waals surface area contributed by atoms with Gasteiger partial charge < -0.3 is 6.08 Å².